The van der Waals surface area contributed by atoms with E-state index in [9.17, 15) is 14.9 Å². The molecule has 0 aliphatic carbocycles. The van der Waals surface area contributed by atoms with Crippen LogP contribution >= 0.6 is 23.1 Å². The van der Waals surface area contributed by atoms with Crippen LogP contribution in [-0.4, -0.2) is 30.6 Å². The highest BCUT2D eigenvalue weighted by atomic mass is 32.2. The van der Waals surface area contributed by atoms with Gasteiger partial charge in [0.2, 0.25) is 11.1 Å². The number of nitrogens with one attached hydrogen (secondary N) is 2. The van der Waals surface area contributed by atoms with Crippen LogP contribution in [0.3, 0.4) is 0 Å². The summed E-state index contributed by atoms with van der Waals surface area (Å²) in [6, 6.07) is 13.4. The third-order valence-electron chi connectivity index (χ3n) is 5.32. The largest absolute Gasteiger partial charge is 0.328 e. The molecule has 1 unspecified atom stereocenters. The van der Waals surface area contributed by atoms with Crippen molar-refractivity contribution in [3.05, 3.63) is 98.1 Å². The van der Waals surface area contributed by atoms with Crippen LogP contribution in [0.5, 0.6) is 0 Å². The Morgan fingerprint density at radius 3 is 2.77 bits per heavy atom. The first kappa shape index (κ1) is 22.7. The van der Waals surface area contributed by atoms with E-state index < -0.39 is 11.0 Å². The Morgan fingerprint density at radius 2 is 2.09 bits per heavy atom. The zero-order chi connectivity index (χ0) is 24.4. The van der Waals surface area contributed by atoms with Crippen LogP contribution in [-0.2, 0) is 10.5 Å². The number of nitro benzene ring substituents is 1. The lowest BCUT2D eigenvalue weighted by Crippen LogP contribution is -2.31. The van der Waals surface area contributed by atoms with Crippen molar-refractivity contribution in [2.24, 2.45) is 0 Å². The molecule has 5 rings (SSSR count). The predicted octanol–water partition coefficient (Wildman–Crippen LogP) is 4.86. The average Bonchev–Trinajstić information content (AvgIpc) is 3.52. The van der Waals surface area contributed by atoms with Crippen molar-refractivity contribution >= 4 is 46.3 Å². The minimum absolute atomic E-state index is 0.0518. The van der Waals surface area contributed by atoms with Gasteiger partial charge in [-0.3, -0.25) is 19.9 Å². The molecule has 0 spiro atoms. The monoisotopic (exact) mass is 505 g/mol. The van der Waals surface area contributed by atoms with Crippen molar-refractivity contribution in [3.63, 3.8) is 0 Å². The third kappa shape index (κ3) is 4.79. The number of nitro groups is 1. The molecule has 4 aromatic rings. The van der Waals surface area contributed by atoms with Gasteiger partial charge in [-0.25, -0.2) is 4.68 Å². The van der Waals surface area contributed by atoms with E-state index in [2.05, 4.69) is 20.6 Å². The van der Waals surface area contributed by atoms with Crippen LogP contribution in [0.1, 0.15) is 23.4 Å². The molecule has 10 nitrogen and oxygen atoms in total. The number of pyridine rings is 1. The van der Waals surface area contributed by atoms with E-state index in [1.54, 1.807) is 52.7 Å². The molecule has 3 aromatic heterocycles. The molecule has 12 heteroatoms. The van der Waals surface area contributed by atoms with E-state index in [1.807, 2.05) is 24.4 Å². The van der Waals surface area contributed by atoms with Crippen molar-refractivity contribution in [2.75, 3.05) is 10.6 Å². The standard InChI is InChI=1S/C23H19N7O3S2/c1-14-19(21(31)26-16-4-2-10-24-12-16)20(18-5-3-11-34-18)29-22(25-14)27-23(28-29)35-13-15-6-8-17(9-7-15)30(32)33/h2-12,20H,13H2,1H3,(H,26,31)(H,25,27,28). The molecule has 1 aromatic carbocycles. The summed E-state index contributed by atoms with van der Waals surface area (Å²) in [6.45, 7) is 1.85. The van der Waals surface area contributed by atoms with Crippen LogP contribution in [0.2, 0.25) is 0 Å². The highest BCUT2D eigenvalue weighted by Gasteiger charge is 2.35. The highest BCUT2D eigenvalue weighted by Crippen LogP contribution is 2.38. The van der Waals surface area contributed by atoms with Gasteiger partial charge in [0.15, 0.2) is 0 Å². The Bertz CT molecular complexity index is 1400. The van der Waals surface area contributed by atoms with E-state index in [0.29, 0.717) is 33.8 Å². The van der Waals surface area contributed by atoms with E-state index in [-0.39, 0.29) is 11.6 Å². The van der Waals surface area contributed by atoms with Crippen molar-refractivity contribution in [1.82, 2.24) is 19.7 Å². The Kier molecular flexibility index (Phi) is 6.29. The van der Waals surface area contributed by atoms with Gasteiger partial charge in [0.05, 0.1) is 22.4 Å². The lowest BCUT2D eigenvalue weighted by atomic mass is 10.0. The SMILES string of the molecule is CC1=C(C(=O)Nc2cccnc2)C(c2cccs2)n2nc(SCc3ccc([N+](=O)[O-])cc3)nc2N1. The Labute approximate surface area is 208 Å². The highest BCUT2D eigenvalue weighted by molar-refractivity contribution is 7.98. The molecule has 1 aliphatic rings. The first-order chi connectivity index (χ1) is 17.0. The van der Waals surface area contributed by atoms with Gasteiger partial charge in [0.1, 0.15) is 6.04 Å². The summed E-state index contributed by atoms with van der Waals surface area (Å²) in [5.41, 5.74) is 2.81. The van der Waals surface area contributed by atoms with Crippen LogP contribution in [0, 0.1) is 10.1 Å². The molecule has 1 amide bonds. The number of thiophene rings is 1. The van der Waals surface area contributed by atoms with Crippen molar-refractivity contribution in [3.8, 4) is 0 Å². The maximum atomic E-state index is 13.3. The number of carbonyl (C=O) groups excluding carboxylic acids is 1. The molecular formula is C23H19N7O3S2. The average molecular weight is 506 g/mol. The predicted molar refractivity (Wildman–Crippen MR) is 134 cm³/mol. The third-order valence-corrected chi connectivity index (χ3v) is 7.16. The molecule has 1 atom stereocenters. The molecule has 0 saturated carbocycles. The van der Waals surface area contributed by atoms with Crippen molar-refractivity contribution < 1.29 is 9.72 Å². The van der Waals surface area contributed by atoms with Gasteiger partial charge in [0, 0.05) is 34.7 Å². The van der Waals surface area contributed by atoms with Gasteiger partial charge >= 0.3 is 0 Å². The quantitative estimate of drug-likeness (QED) is 0.207. The summed E-state index contributed by atoms with van der Waals surface area (Å²) < 4.78 is 1.73. The number of anilines is 2. The number of non-ortho nitro benzene ring substituents is 1. The minimum atomic E-state index is -0.441. The number of rotatable bonds is 7. The number of hydrogen-bond acceptors (Lipinski definition) is 9. The Hall–Kier alpha value is -4.03. The van der Waals surface area contributed by atoms with E-state index in [0.717, 1.165) is 10.4 Å². The molecule has 4 heterocycles. The summed E-state index contributed by atoms with van der Waals surface area (Å²) in [6.07, 6.45) is 3.24. The Morgan fingerprint density at radius 1 is 1.26 bits per heavy atom. The van der Waals surface area contributed by atoms with E-state index >= 15 is 0 Å². The second-order valence-electron chi connectivity index (χ2n) is 7.65. The number of hydrogen-bond donors (Lipinski definition) is 2. The van der Waals surface area contributed by atoms with Crippen molar-refractivity contribution in [2.45, 2.75) is 23.9 Å². The first-order valence-electron chi connectivity index (χ1n) is 10.5. The fourth-order valence-electron chi connectivity index (χ4n) is 3.69. The fourth-order valence-corrected chi connectivity index (χ4v) is 5.30. The normalized spacial score (nSPS) is 14.8. The first-order valence-corrected chi connectivity index (χ1v) is 12.4. The van der Waals surface area contributed by atoms with Gasteiger partial charge in [-0.2, -0.15) is 4.98 Å². The smallest absolute Gasteiger partial charge is 0.269 e. The molecule has 0 radical (unpaired) electrons. The van der Waals surface area contributed by atoms with Crippen LogP contribution in [0.25, 0.3) is 0 Å². The lowest BCUT2D eigenvalue weighted by molar-refractivity contribution is -0.384. The molecule has 0 fully saturated rings. The number of aromatic nitrogens is 4. The molecule has 0 saturated heterocycles. The number of benzene rings is 1. The number of carbonyl (C=O) groups is 1. The number of allylic oxidation sites excluding steroid dienone is 1. The lowest BCUT2D eigenvalue weighted by Gasteiger charge is -2.27. The van der Waals surface area contributed by atoms with Gasteiger partial charge in [-0.15, -0.1) is 16.4 Å². The van der Waals surface area contributed by atoms with E-state index in [4.69, 9.17) is 5.10 Å². The van der Waals surface area contributed by atoms with Crippen LogP contribution in [0.4, 0.5) is 17.3 Å². The van der Waals surface area contributed by atoms with Crippen molar-refractivity contribution in [1.29, 1.82) is 0 Å². The van der Waals surface area contributed by atoms with Gasteiger partial charge < -0.3 is 10.6 Å². The number of fused-ring (bicyclic) bond motifs is 1. The maximum absolute atomic E-state index is 13.3. The summed E-state index contributed by atoms with van der Waals surface area (Å²) in [7, 11) is 0. The summed E-state index contributed by atoms with van der Waals surface area (Å²) in [4.78, 5) is 33.4. The summed E-state index contributed by atoms with van der Waals surface area (Å²) in [5, 5.41) is 24.2. The Balaban J connectivity index is 1.41. The molecule has 35 heavy (non-hydrogen) atoms. The maximum Gasteiger partial charge on any atom is 0.269 e. The summed E-state index contributed by atoms with van der Waals surface area (Å²) in [5.74, 6) is 0.846. The van der Waals surface area contributed by atoms with Crippen LogP contribution in [0.15, 0.2) is 82.7 Å². The zero-order valence-electron chi connectivity index (χ0n) is 18.4. The number of thioether (sulfide) groups is 1. The molecular weight excluding hydrogens is 486 g/mol. The van der Waals surface area contributed by atoms with Crippen LogP contribution < -0.4 is 10.6 Å². The molecule has 0 bridgehead atoms. The number of nitrogens with zero attached hydrogens (tertiary/aromatic N) is 5. The fraction of sp³-hybridized carbons (Fsp3) is 0.130. The van der Waals surface area contributed by atoms with Gasteiger partial charge in [0.25, 0.3) is 11.6 Å². The number of amides is 1. The second-order valence-corrected chi connectivity index (χ2v) is 9.57. The zero-order valence-corrected chi connectivity index (χ0v) is 20.0. The molecule has 1 aliphatic heterocycles. The minimum Gasteiger partial charge on any atom is -0.328 e. The van der Waals surface area contributed by atoms with E-state index in [1.165, 1.54) is 23.9 Å². The topological polar surface area (TPSA) is 128 Å². The summed E-state index contributed by atoms with van der Waals surface area (Å²) >= 11 is 2.96. The van der Waals surface area contributed by atoms with Gasteiger partial charge in [-0.05, 0) is 36.1 Å². The second kappa shape index (κ2) is 9.68. The molecule has 176 valence electrons. The van der Waals surface area contributed by atoms with Gasteiger partial charge in [-0.1, -0.05) is 30.0 Å². The molecule has 2 N–H and O–H groups in total.